The Morgan fingerprint density at radius 1 is 0.889 bits per heavy atom. The highest BCUT2D eigenvalue weighted by Gasteiger charge is 2.17. The predicted octanol–water partition coefficient (Wildman–Crippen LogP) is 3.70. The van der Waals surface area contributed by atoms with Crippen molar-refractivity contribution in [1.82, 2.24) is 0 Å². The van der Waals surface area contributed by atoms with Crippen molar-refractivity contribution in [1.29, 1.82) is 0 Å². The summed E-state index contributed by atoms with van der Waals surface area (Å²) in [5.74, 6) is 0. The zero-order valence-corrected chi connectivity index (χ0v) is 9.86. The number of fused-ring (bicyclic) bond motifs is 1. The highest BCUT2D eigenvalue weighted by atomic mass is 16.5. The minimum absolute atomic E-state index is 0.0783. The number of ether oxygens (including phenoxy) is 1. The van der Waals surface area contributed by atoms with E-state index in [2.05, 4.69) is 29.3 Å². The fourth-order valence-electron chi connectivity index (χ4n) is 2.10. The predicted molar refractivity (Wildman–Crippen MR) is 72.5 cm³/mol. The van der Waals surface area contributed by atoms with Crippen LogP contribution in [-0.4, -0.2) is 6.21 Å². The topological polar surface area (TPSA) is 21.6 Å². The third kappa shape index (κ3) is 2.05. The van der Waals surface area contributed by atoms with Gasteiger partial charge in [0.25, 0.3) is 0 Å². The Balaban J connectivity index is 2.12. The van der Waals surface area contributed by atoms with Crippen molar-refractivity contribution in [2.45, 2.75) is 6.10 Å². The van der Waals surface area contributed by atoms with E-state index < -0.39 is 0 Å². The summed E-state index contributed by atoms with van der Waals surface area (Å²) in [5.41, 5.74) is 3.37. The fourth-order valence-corrected chi connectivity index (χ4v) is 2.10. The molecule has 1 aliphatic rings. The van der Waals surface area contributed by atoms with Crippen LogP contribution in [0.3, 0.4) is 0 Å². The molecule has 0 radical (unpaired) electrons. The van der Waals surface area contributed by atoms with E-state index >= 15 is 0 Å². The van der Waals surface area contributed by atoms with Crippen LogP contribution < -0.4 is 0 Å². The van der Waals surface area contributed by atoms with Gasteiger partial charge < -0.3 is 4.74 Å². The van der Waals surface area contributed by atoms with Crippen molar-refractivity contribution in [2.75, 3.05) is 0 Å². The van der Waals surface area contributed by atoms with Crippen LogP contribution in [0.15, 0.2) is 72.1 Å². The maximum absolute atomic E-state index is 5.80. The van der Waals surface area contributed by atoms with Crippen molar-refractivity contribution in [3.8, 4) is 0 Å². The lowest BCUT2D eigenvalue weighted by Gasteiger charge is -2.20. The van der Waals surface area contributed by atoms with Gasteiger partial charge >= 0.3 is 0 Å². The normalized spacial score (nSPS) is 17.4. The second kappa shape index (κ2) is 4.88. The minimum Gasteiger partial charge on any atom is -0.487 e. The molecule has 88 valence electrons. The molecule has 0 N–H and O–H groups in total. The molecule has 0 saturated carbocycles. The van der Waals surface area contributed by atoms with Gasteiger partial charge in [-0.1, -0.05) is 54.6 Å². The Hall–Kier alpha value is -2.35. The average Bonchev–Trinajstić information content (AvgIpc) is 2.41. The summed E-state index contributed by atoms with van der Waals surface area (Å²) >= 11 is 0. The molecule has 0 saturated heterocycles. The van der Waals surface area contributed by atoms with E-state index in [9.17, 15) is 0 Å². The number of rotatable bonds is 1. The Morgan fingerprint density at radius 3 is 2.56 bits per heavy atom. The van der Waals surface area contributed by atoms with Crippen molar-refractivity contribution in [3.05, 3.63) is 83.7 Å². The molecule has 2 aromatic rings. The molecule has 1 unspecified atom stereocenters. The van der Waals surface area contributed by atoms with Crippen LogP contribution in [0.4, 0.5) is 0 Å². The average molecular weight is 235 g/mol. The standard InChI is InChI=1S/C16H13NO/c1-2-6-13(7-3-1)16-15-9-5-4-8-14(15)12-17-10-11-18-16/h1-12,16H. The first-order valence-corrected chi connectivity index (χ1v) is 5.93. The van der Waals surface area contributed by atoms with Gasteiger partial charge in [-0.05, 0) is 11.1 Å². The van der Waals surface area contributed by atoms with E-state index in [1.165, 1.54) is 0 Å². The van der Waals surface area contributed by atoms with Gasteiger partial charge in [0.15, 0.2) is 0 Å². The van der Waals surface area contributed by atoms with E-state index in [0.717, 1.165) is 16.7 Å². The molecule has 2 aromatic carbocycles. The summed E-state index contributed by atoms with van der Waals surface area (Å²) in [7, 11) is 0. The third-order valence-electron chi connectivity index (χ3n) is 2.96. The van der Waals surface area contributed by atoms with Crippen LogP contribution >= 0.6 is 0 Å². The molecule has 0 aliphatic carbocycles. The lowest BCUT2D eigenvalue weighted by atomic mass is 9.97. The summed E-state index contributed by atoms with van der Waals surface area (Å²) in [6, 6.07) is 18.4. The first-order chi connectivity index (χ1) is 8.95. The molecule has 0 spiro atoms. The van der Waals surface area contributed by atoms with Crippen molar-refractivity contribution in [3.63, 3.8) is 0 Å². The van der Waals surface area contributed by atoms with Crippen molar-refractivity contribution < 1.29 is 4.74 Å². The van der Waals surface area contributed by atoms with E-state index in [4.69, 9.17) is 4.74 Å². The Morgan fingerprint density at radius 2 is 1.67 bits per heavy atom. The van der Waals surface area contributed by atoms with Crippen molar-refractivity contribution >= 4 is 6.21 Å². The van der Waals surface area contributed by atoms with Gasteiger partial charge in [-0.25, -0.2) is 0 Å². The Bertz CT molecular complexity index is 587. The smallest absolute Gasteiger partial charge is 0.149 e. The highest BCUT2D eigenvalue weighted by Crippen LogP contribution is 2.29. The monoisotopic (exact) mass is 235 g/mol. The summed E-state index contributed by atoms with van der Waals surface area (Å²) in [6.07, 6.45) is 5.10. The zero-order chi connectivity index (χ0) is 12.2. The van der Waals surface area contributed by atoms with Gasteiger partial charge in [0, 0.05) is 11.8 Å². The molecule has 1 aliphatic heterocycles. The number of nitrogens with zero attached hydrogens (tertiary/aromatic N) is 1. The molecule has 1 heterocycles. The second-order valence-corrected chi connectivity index (χ2v) is 4.12. The molecule has 0 bridgehead atoms. The molecule has 1 atom stereocenters. The van der Waals surface area contributed by atoms with Gasteiger partial charge in [0.05, 0.1) is 6.20 Å². The third-order valence-corrected chi connectivity index (χ3v) is 2.96. The van der Waals surface area contributed by atoms with Gasteiger partial charge in [-0.2, -0.15) is 0 Å². The molecule has 2 nitrogen and oxygen atoms in total. The molecule has 0 fully saturated rings. The lowest BCUT2D eigenvalue weighted by molar-refractivity contribution is 0.182. The molecule has 18 heavy (non-hydrogen) atoms. The molecule has 3 rings (SSSR count). The zero-order valence-electron chi connectivity index (χ0n) is 9.86. The highest BCUT2D eigenvalue weighted by molar-refractivity contribution is 5.82. The molecule has 2 heteroatoms. The maximum atomic E-state index is 5.80. The summed E-state index contributed by atoms with van der Waals surface area (Å²) in [4.78, 5) is 4.17. The molecular formula is C16H13NO. The lowest BCUT2D eigenvalue weighted by Crippen LogP contribution is -2.07. The number of benzene rings is 2. The Labute approximate surface area is 106 Å². The minimum atomic E-state index is -0.0783. The number of aliphatic imine (C=N–C) groups is 1. The van der Waals surface area contributed by atoms with Crippen LogP contribution in [0.25, 0.3) is 0 Å². The summed E-state index contributed by atoms with van der Waals surface area (Å²) < 4.78 is 5.80. The van der Waals surface area contributed by atoms with Crippen LogP contribution in [0.2, 0.25) is 0 Å². The second-order valence-electron chi connectivity index (χ2n) is 4.12. The number of hydrogen-bond donors (Lipinski definition) is 0. The maximum Gasteiger partial charge on any atom is 0.149 e. The van der Waals surface area contributed by atoms with Gasteiger partial charge in [0.2, 0.25) is 0 Å². The van der Waals surface area contributed by atoms with E-state index in [0.29, 0.717) is 0 Å². The first kappa shape index (κ1) is 10.8. The van der Waals surface area contributed by atoms with Crippen LogP contribution in [-0.2, 0) is 4.74 Å². The van der Waals surface area contributed by atoms with Gasteiger partial charge in [0.1, 0.15) is 12.4 Å². The molecular weight excluding hydrogens is 222 g/mol. The SMILES string of the molecule is C1=COC(c2ccccc2)c2ccccc2C=N1. The number of hydrogen-bond acceptors (Lipinski definition) is 2. The van der Waals surface area contributed by atoms with Crippen LogP contribution in [0.5, 0.6) is 0 Å². The summed E-state index contributed by atoms with van der Waals surface area (Å²) in [6.45, 7) is 0. The fraction of sp³-hybridized carbons (Fsp3) is 0.0625. The van der Waals surface area contributed by atoms with Crippen LogP contribution in [0.1, 0.15) is 22.8 Å². The quantitative estimate of drug-likeness (QED) is 0.738. The molecule has 0 amide bonds. The van der Waals surface area contributed by atoms with E-state index in [1.54, 1.807) is 12.5 Å². The van der Waals surface area contributed by atoms with Gasteiger partial charge in [-0.15, -0.1) is 0 Å². The summed E-state index contributed by atoms with van der Waals surface area (Å²) in [5, 5.41) is 0. The van der Waals surface area contributed by atoms with Gasteiger partial charge in [-0.3, -0.25) is 4.99 Å². The van der Waals surface area contributed by atoms with Crippen molar-refractivity contribution in [2.24, 2.45) is 4.99 Å². The molecule has 0 aromatic heterocycles. The van der Waals surface area contributed by atoms with Crippen LogP contribution in [0, 0.1) is 0 Å². The first-order valence-electron chi connectivity index (χ1n) is 5.93. The largest absolute Gasteiger partial charge is 0.487 e. The Kier molecular flexibility index (Phi) is 2.92. The van der Waals surface area contributed by atoms with E-state index in [-0.39, 0.29) is 6.10 Å². The van der Waals surface area contributed by atoms with E-state index in [1.807, 2.05) is 36.5 Å².